The number of aromatic amines is 2. The molecule has 0 spiro atoms. The molecule has 2 aromatic rings. The number of rotatable bonds is 2. The fraction of sp³-hybridized carbons (Fsp3) is 0.455. The molecule has 2 aromatic heterocycles. The zero-order valence-electron chi connectivity index (χ0n) is 10.1. The Morgan fingerprint density at radius 3 is 3.00 bits per heavy atom. The summed E-state index contributed by atoms with van der Waals surface area (Å²) >= 11 is 0. The molecule has 6 N–H and O–H groups in total. The van der Waals surface area contributed by atoms with Crippen molar-refractivity contribution in [2.75, 3.05) is 30.3 Å². The molecule has 0 saturated carbocycles. The van der Waals surface area contributed by atoms with Gasteiger partial charge < -0.3 is 25.8 Å². The number of aromatic nitrogens is 3. The summed E-state index contributed by atoms with van der Waals surface area (Å²) in [5, 5.41) is 19.0. The third-order valence-electron chi connectivity index (χ3n) is 3.52. The number of hydrogen-bond acceptors (Lipinski definition) is 6. The van der Waals surface area contributed by atoms with Gasteiger partial charge in [-0.25, -0.2) is 4.98 Å². The first-order valence-corrected chi connectivity index (χ1v) is 6.01. The van der Waals surface area contributed by atoms with E-state index in [1.165, 1.54) is 0 Å². The maximum absolute atomic E-state index is 11.7. The summed E-state index contributed by atoms with van der Waals surface area (Å²) in [6, 6.07) is 0. The van der Waals surface area contributed by atoms with E-state index >= 15 is 0 Å². The van der Waals surface area contributed by atoms with Crippen LogP contribution in [0.5, 0.6) is 0 Å². The molecule has 0 radical (unpaired) electrons. The number of anilines is 2. The molecule has 0 amide bonds. The smallest absolute Gasteiger partial charge is 0.276 e. The zero-order valence-corrected chi connectivity index (χ0v) is 10.1. The zero-order chi connectivity index (χ0) is 13.6. The lowest BCUT2D eigenvalue weighted by Gasteiger charge is -2.16. The number of nitrogens with two attached hydrogens (primary N) is 1. The van der Waals surface area contributed by atoms with Gasteiger partial charge in [0.25, 0.3) is 5.56 Å². The van der Waals surface area contributed by atoms with E-state index < -0.39 is 6.10 Å². The van der Waals surface area contributed by atoms with Crippen molar-refractivity contribution in [2.24, 2.45) is 5.92 Å². The Hall–Kier alpha value is -2.06. The van der Waals surface area contributed by atoms with E-state index in [1.54, 1.807) is 6.20 Å². The van der Waals surface area contributed by atoms with Gasteiger partial charge in [-0.05, 0) is 0 Å². The van der Waals surface area contributed by atoms with Gasteiger partial charge in [0.15, 0.2) is 0 Å². The van der Waals surface area contributed by atoms with Crippen LogP contribution in [-0.2, 0) is 0 Å². The molecule has 3 heterocycles. The van der Waals surface area contributed by atoms with E-state index in [0.717, 1.165) is 0 Å². The number of nitrogens with one attached hydrogen (secondary N) is 2. The van der Waals surface area contributed by atoms with Crippen molar-refractivity contribution in [1.29, 1.82) is 0 Å². The quantitative estimate of drug-likeness (QED) is 0.455. The van der Waals surface area contributed by atoms with E-state index in [-0.39, 0.29) is 24.0 Å². The van der Waals surface area contributed by atoms with Gasteiger partial charge in [-0.1, -0.05) is 0 Å². The van der Waals surface area contributed by atoms with Gasteiger partial charge in [-0.3, -0.25) is 9.78 Å². The summed E-state index contributed by atoms with van der Waals surface area (Å²) in [6.45, 7) is 0.835. The molecule has 0 aliphatic carbocycles. The average Bonchev–Trinajstić information content (AvgIpc) is 2.92. The summed E-state index contributed by atoms with van der Waals surface area (Å²) in [6.07, 6.45) is 1.08. The van der Waals surface area contributed by atoms with Crippen molar-refractivity contribution in [3.63, 3.8) is 0 Å². The van der Waals surface area contributed by atoms with Gasteiger partial charge in [0.2, 0.25) is 5.95 Å². The minimum atomic E-state index is -0.589. The van der Waals surface area contributed by atoms with Crippen LogP contribution in [0, 0.1) is 5.92 Å². The van der Waals surface area contributed by atoms with Crippen LogP contribution in [0.4, 0.5) is 11.6 Å². The van der Waals surface area contributed by atoms with Crippen LogP contribution in [-0.4, -0.2) is 51.0 Å². The van der Waals surface area contributed by atoms with E-state index in [0.29, 0.717) is 29.8 Å². The molecule has 102 valence electrons. The Kier molecular flexibility index (Phi) is 2.68. The Morgan fingerprint density at radius 2 is 2.32 bits per heavy atom. The SMILES string of the molecule is Nc1nc2c(N3C[C@H](CO)[C@@H](O)C3)c[nH]c2c(=O)[nH]1. The highest BCUT2D eigenvalue weighted by molar-refractivity contribution is 5.89. The maximum atomic E-state index is 11.7. The van der Waals surface area contributed by atoms with Gasteiger partial charge in [0.05, 0.1) is 18.4 Å². The Morgan fingerprint density at radius 1 is 1.53 bits per heavy atom. The van der Waals surface area contributed by atoms with Crippen LogP contribution in [0.15, 0.2) is 11.0 Å². The molecule has 8 nitrogen and oxygen atoms in total. The normalized spacial score (nSPS) is 23.4. The highest BCUT2D eigenvalue weighted by atomic mass is 16.3. The molecule has 19 heavy (non-hydrogen) atoms. The molecule has 8 heteroatoms. The highest BCUT2D eigenvalue weighted by Crippen LogP contribution is 2.28. The molecule has 2 atom stereocenters. The first kappa shape index (κ1) is 12.0. The van der Waals surface area contributed by atoms with Gasteiger partial charge >= 0.3 is 0 Å². The third-order valence-corrected chi connectivity index (χ3v) is 3.52. The van der Waals surface area contributed by atoms with Crippen molar-refractivity contribution < 1.29 is 10.2 Å². The minimum absolute atomic E-state index is 0.0526. The number of nitrogen functional groups attached to an aromatic ring is 1. The molecule has 1 aliphatic rings. The monoisotopic (exact) mass is 265 g/mol. The molecule has 1 fully saturated rings. The van der Waals surface area contributed by atoms with Gasteiger partial charge in [-0.15, -0.1) is 0 Å². The van der Waals surface area contributed by atoms with E-state index in [4.69, 9.17) is 10.8 Å². The van der Waals surface area contributed by atoms with Gasteiger partial charge in [0, 0.05) is 25.2 Å². The van der Waals surface area contributed by atoms with Crippen LogP contribution in [0.3, 0.4) is 0 Å². The predicted molar refractivity (Wildman–Crippen MR) is 69.9 cm³/mol. The Labute approximate surface area is 107 Å². The third kappa shape index (κ3) is 1.85. The number of fused-ring (bicyclic) bond motifs is 1. The first-order chi connectivity index (χ1) is 9.10. The second kappa shape index (κ2) is 4.25. The second-order valence-corrected chi connectivity index (χ2v) is 4.76. The van der Waals surface area contributed by atoms with Crippen LogP contribution in [0.2, 0.25) is 0 Å². The number of β-amino-alcohol motifs (C(OH)–C–C–N with tert-alkyl or cyclic N) is 1. The molecular weight excluding hydrogens is 250 g/mol. The number of aliphatic hydroxyl groups excluding tert-OH is 2. The lowest BCUT2D eigenvalue weighted by Crippen LogP contribution is -2.21. The summed E-state index contributed by atoms with van der Waals surface area (Å²) in [4.78, 5) is 23.0. The van der Waals surface area contributed by atoms with Crippen LogP contribution < -0.4 is 16.2 Å². The number of H-pyrrole nitrogens is 2. The van der Waals surface area contributed by atoms with Crippen molar-refractivity contribution >= 4 is 22.7 Å². The second-order valence-electron chi connectivity index (χ2n) is 4.76. The standard InChI is InChI=1S/C11H15N5O3/c12-11-14-8-6(1-13-9(8)10(19)15-11)16-2-5(4-17)7(18)3-16/h1,5,7,13,17-18H,2-4H2,(H3,12,14,15,19)/t5-,7+/m1/s1. The molecule has 0 aromatic carbocycles. The van der Waals surface area contributed by atoms with E-state index in [1.807, 2.05) is 4.90 Å². The number of aliphatic hydroxyl groups is 2. The number of nitrogens with zero attached hydrogens (tertiary/aromatic N) is 2. The first-order valence-electron chi connectivity index (χ1n) is 6.01. The lowest BCUT2D eigenvalue weighted by molar-refractivity contribution is 0.104. The van der Waals surface area contributed by atoms with Crippen LogP contribution in [0.1, 0.15) is 0 Å². The number of hydrogen-bond donors (Lipinski definition) is 5. The van der Waals surface area contributed by atoms with Crippen molar-refractivity contribution in [3.05, 3.63) is 16.6 Å². The topological polar surface area (TPSA) is 131 Å². The summed E-state index contributed by atoms with van der Waals surface area (Å²) in [7, 11) is 0. The minimum Gasteiger partial charge on any atom is -0.396 e. The molecule has 0 unspecified atom stereocenters. The van der Waals surface area contributed by atoms with Gasteiger partial charge in [0.1, 0.15) is 11.0 Å². The average molecular weight is 265 g/mol. The fourth-order valence-corrected chi connectivity index (χ4v) is 2.49. The van der Waals surface area contributed by atoms with Gasteiger partial charge in [-0.2, -0.15) is 0 Å². The maximum Gasteiger partial charge on any atom is 0.276 e. The molecular formula is C11H15N5O3. The lowest BCUT2D eigenvalue weighted by atomic mass is 10.1. The molecule has 1 aliphatic heterocycles. The predicted octanol–water partition coefficient (Wildman–Crippen LogP) is -1.38. The summed E-state index contributed by atoms with van der Waals surface area (Å²) in [5.74, 6) is -0.138. The van der Waals surface area contributed by atoms with Crippen molar-refractivity contribution in [1.82, 2.24) is 15.0 Å². The largest absolute Gasteiger partial charge is 0.396 e. The Balaban J connectivity index is 2.05. The van der Waals surface area contributed by atoms with E-state index in [2.05, 4.69) is 15.0 Å². The van der Waals surface area contributed by atoms with Crippen molar-refractivity contribution in [2.45, 2.75) is 6.10 Å². The Bertz CT molecular complexity index is 664. The molecule has 1 saturated heterocycles. The highest BCUT2D eigenvalue weighted by Gasteiger charge is 2.32. The molecule has 0 bridgehead atoms. The molecule has 3 rings (SSSR count). The fourth-order valence-electron chi connectivity index (χ4n) is 2.49. The van der Waals surface area contributed by atoms with Crippen molar-refractivity contribution in [3.8, 4) is 0 Å². The summed E-state index contributed by atoms with van der Waals surface area (Å²) < 4.78 is 0. The van der Waals surface area contributed by atoms with E-state index in [9.17, 15) is 9.90 Å². The van der Waals surface area contributed by atoms with Crippen LogP contribution in [0.25, 0.3) is 11.0 Å². The van der Waals surface area contributed by atoms with Crippen LogP contribution >= 0.6 is 0 Å². The summed E-state index contributed by atoms with van der Waals surface area (Å²) in [5.41, 5.74) is 6.76.